The maximum atomic E-state index is 12.6. The normalized spacial score (nSPS) is 13.8. The van der Waals surface area contributed by atoms with Gasteiger partial charge in [0, 0.05) is 12.8 Å². The van der Waals surface area contributed by atoms with Crippen LogP contribution in [0.4, 0.5) is 0 Å². The summed E-state index contributed by atoms with van der Waals surface area (Å²) >= 11 is 0. The maximum absolute atomic E-state index is 12.6. The average molecular weight is 662 g/mol. The summed E-state index contributed by atoms with van der Waals surface area (Å²) in [4.78, 5) is 36.4. The molecule has 0 saturated carbocycles. The number of allylic oxidation sites excluding steroid dienone is 10. The van der Waals surface area contributed by atoms with Crippen molar-refractivity contribution in [2.24, 2.45) is 0 Å². The van der Waals surface area contributed by atoms with Crippen LogP contribution in [0.5, 0.6) is 0 Å². The zero-order valence-corrected chi connectivity index (χ0v) is 29.9. The van der Waals surface area contributed by atoms with Crippen LogP contribution in [0, 0.1) is 0 Å². The van der Waals surface area contributed by atoms with E-state index in [0.29, 0.717) is 23.9 Å². The van der Waals surface area contributed by atoms with Gasteiger partial charge in [0.05, 0.1) is 40.3 Å². The minimum absolute atomic E-state index is 0.134. The summed E-state index contributed by atoms with van der Waals surface area (Å²) < 4.78 is 22.2. The van der Waals surface area contributed by atoms with Gasteiger partial charge < -0.3 is 33.3 Å². The predicted molar refractivity (Wildman–Crippen MR) is 186 cm³/mol. The number of carboxylic acid groups (broad SMARTS) is 1. The molecule has 0 aliphatic heterocycles. The second-order valence-electron chi connectivity index (χ2n) is 12.4. The van der Waals surface area contributed by atoms with E-state index in [1.54, 1.807) is 0 Å². The summed E-state index contributed by atoms with van der Waals surface area (Å²) in [5.74, 6) is -2.40. The van der Waals surface area contributed by atoms with Crippen LogP contribution < -0.4 is 5.11 Å². The molecule has 47 heavy (non-hydrogen) atoms. The molecule has 268 valence electrons. The van der Waals surface area contributed by atoms with Crippen molar-refractivity contribution in [1.82, 2.24) is 0 Å². The van der Waals surface area contributed by atoms with Gasteiger partial charge in [-0.25, -0.2) is 0 Å². The van der Waals surface area contributed by atoms with Gasteiger partial charge >= 0.3 is 11.9 Å². The SMILES string of the molecule is CC/C=C\C/C=C\C/C=C\C/C=C\C/C=C\CCCC(=O)OC(COC(=O)CCCCCCC)COC(OCC[N+](C)(C)C)C(=O)[O-]. The maximum Gasteiger partial charge on any atom is 0.306 e. The van der Waals surface area contributed by atoms with Gasteiger partial charge in [-0.15, -0.1) is 0 Å². The van der Waals surface area contributed by atoms with Gasteiger partial charge in [0.15, 0.2) is 12.4 Å². The number of ether oxygens (including phenoxy) is 4. The number of esters is 2. The van der Waals surface area contributed by atoms with E-state index in [0.717, 1.165) is 64.2 Å². The lowest BCUT2D eigenvalue weighted by Crippen LogP contribution is -2.44. The Hall–Kier alpha value is -3.01. The third kappa shape index (κ3) is 31.4. The summed E-state index contributed by atoms with van der Waals surface area (Å²) in [5.41, 5.74) is 0. The van der Waals surface area contributed by atoms with E-state index in [4.69, 9.17) is 18.9 Å². The molecule has 0 amide bonds. The van der Waals surface area contributed by atoms with Crippen molar-refractivity contribution in [2.45, 2.75) is 116 Å². The number of carbonyl (C=O) groups excluding carboxylic acids is 3. The number of hydrogen-bond donors (Lipinski definition) is 0. The molecular weight excluding hydrogens is 598 g/mol. The summed E-state index contributed by atoms with van der Waals surface area (Å²) in [6.45, 7) is 4.41. The third-order valence-corrected chi connectivity index (χ3v) is 6.78. The van der Waals surface area contributed by atoms with Crippen molar-refractivity contribution in [3.63, 3.8) is 0 Å². The first kappa shape index (κ1) is 44.0. The molecule has 0 aliphatic rings. The fourth-order valence-electron chi connectivity index (χ4n) is 4.04. The largest absolute Gasteiger partial charge is 0.545 e. The molecule has 0 fully saturated rings. The zero-order valence-electron chi connectivity index (χ0n) is 29.9. The molecule has 0 spiro atoms. The van der Waals surface area contributed by atoms with E-state index < -0.39 is 30.3 Å². The lowest BCUT2D eigenvalue weighted by Gasteiger charge is -2.26. The molecule has 2 unspecified atom stereocenters. The number of likely N-dealkylation sites (N-methyl/N-ethyl adjacent to an activating group) is 1. The smallest absolute Gasteiger partial charge is 0.306 e. The highest BCUT2D eigenvalue weighted by Crippen LogP contribution is 2.09. The van der Waals surface area contributed by atoms with Crippen LogP contribution in [0.25, 0.3) is 0 Å². The molecule has 0 heterocycles. The van der Waals surface area contributed by atoms with Crippen molar-refractivity contribution in [2.75, 3.05) is 47.5 Å². The number of quaternary nitrogens is 1. The van der Waals surface area contributed by atoms with Crippen molar-refractivity contribution < 1.29 is 42.9 Å². The number of aliphatic carboxylic acids is 1. The van der Waals surface area contributed by atoms with E-state index in [1.807, 2.05) is 27.2 Å². The lowest BCUT2D eigenvalue weighted by atomic mass is 10.1. The molecule has 0 aliphatic carbocycles. The fraction of sp³-hybridized carbons (Fsp3) is 0.658. The average Bonchev–Trinajstić information content (AvgIpc) is 3.01. The van der Waals surface area contributed by atoms with Crippen molar-refractivity contribution in [1.29, 1.82) is 0 Å². The quantitative estimate of drug-likeness (QED) is 0.0281. The molecule has 0 aromatic carbocycles. The van der Waals surface area contributed by atoms with Crippen LogP contribution in [0.2, 0.25) is 0 Å². The van der Waals surface area contributed by atoms with Crippen LogP contribution in [-0.4, -0.2) is 82.3 Å². The number of hydrogen-bond acceptors (Lipinski definition) is 8. The second-order valence-corrected chi connectivity index (χ2v) is 12.4. The highest BCUT2D eigenvalue weighted by molar-refractivity contribution is 5.70. The van der Waals surface area contributed by atoms with Gasteiger partial charge in [-0.3, -0.25) is 9.59 Å². The summed E-state index contributed by atoms with van der Waals surface area (Å²) in [5, 5.41) is 11.6. The van der Waals surface area contributed by atoms with Crippen LogP contribution in [0.3, 0.4) is 0 Å². The van der Waals surface area contributed by atoms with E-state index in [9.17, 15) is 19.5 Å². The Morgan fingerprint density at radius 1 is 0.660 bits per heavy atom. The Labute approximate surface area is 284 Å². The first-order valence-electron chi connectivity index (χ1n) is 17.4. The molecule has 0 saturated heterocycles. The van der Waals surface area contributed by atoms with Crippen LogP contribution in [0.1, 0.15) is 104 Å². The second kappa shape index (κ2) is 30.3. The molecule has 0 N–H and O–H groups in total. The third-order valence-electron chi connectivity index (χ3n) is 6.78. The Bertz CT molecular complexity index is 961. The number of carbonyl (C=O) groups is 3. The highest BCUT2D eigenvalue weighted by Gasteiger charge is 2.21. The molecular formula is C38H63NO8. The molecule has 2 atom stereocenters. The van der Waals surface area contributed by atoms with Crippen LogP contribution in [0.15, 0.2) is 60.8 Å². The molecule has 0 aromatic heterocycles. The molecule has 0 radical (unpaired) electrons. The Balaban J connectivity index is 4.61. The van der Waals surface area contributed by atoms with Gasteiger partial charge in [0.2, 0.25) is 0 Å². The Morgan fingerprint density at radius 2 is 1.21 bits per heavy atom. The van der Waals surface area contributed by atoms with Crippen LogP contribution in [-0.2, 0) is 33.3 Å². The van der Waals surface area contributed by atoms with Crippen molar-refractivity contribution >= 4 is 17.9 Å². The standard InChI is InChI=1S/C38H63NO8/c1-6-8-10-12-13-14-15-16-17-18-19-20-21-22-23-25-27-29-36(41)47-34(32-45-35(40)28-26-24-11-9-7-2)33-46-38(37(42)43)44-31-30-39(3,4)5/h8,10,13-14,16-17,19-20,22-23,34,38H,6-7,9,11-12,15,18,21,24-33H2,1-5H3/b10-8-,14-13-,17-16-,20-19-,23-22-. The van der Waals surface area contributed by atoms with Gasteiger partial charge in [0.25, 0.3) is 0 Å². The van der Waals surface area contributed by atoms with Crippen LogP contribution >= 0.6 is 0 Å². The molecule has 0 aromatic rings. The first-order chi connectivity index (χ1) is 22.6. The monoisotopic (exact) mass is 661 g/mol. The molecule has 9 nitrogen and oxygen atoms in total. The molecule has 0 bridgehead atoms. The van der Waals surface area contributed by atoms with Gasteiger partial charge in [0.1, 0.15) is 13.2 Å². The minimum atomic E-state index is -1.63. The summed E-state index contributed by atoms with van der Waals surface area (Å²) in [7, 11) is 5.86. The Morgan fingerprint density at radius 3 is 1.77 bits per heavy atom. The first-order valence-corrected chi connectivity index (χ1v) is 17.4. The minimum Gasteiger partial charge on any atom is -0.545 e. The number of rotatable bonds is 30. The van der Waals surface area contributed by atoms with E-state index in [1.165, 1.54) is 0 Å². The van der Waals surface area contributed by atoms with Gasteiger partial charge in [-0.2, -0.15) is 0 Å². The Kier molecular flexibility index (Phi) is 28.4. The lowest BCUT2D eigenvalue weighted by molar-refractivity contribution is -0.870. The highest BCUT2D eigenvalue weighted by atomic mass is 16.7. The zero-order chi connectivity index (χ0) is 35.0. The van der Waals surface area contributed by atoms with Crippen molar-refractivity contribution in [3.05, 3.63) is 60.8 Å². The van der Waals surface area contributed by atoms with E-state index in [-0.39, 0.29) is 32.7 Å². The molecule has 0 rings (SSSR count). The topological polar surface area (TPSA) is 111 Å². The predicted octanol–water partition coefficient (Wildman–Crippen LogP) is 6.54. The molecule has 9 heteroatoms. The van der Waals surface area contributed by atoms with Gasteiger partial charge in [-0.1, -0.05) is 100 Å². The van der Waals surface area contributed by atoms with Gasteiger partial charge in [-0.05, 0) is 51.4 Å². The number of nitrogens with zero attached hydrogens (tertiary/aromatic N) is 1. The summed E-state index contributed by atoms with van der Waals surface area (Å²) in [6, 6.07) is 0. The van der Waals surface area contributed by atoms with E-state index >= 15 is 0 Å². The summed E-state index contributed by atoms with van der Waals surface area (Å²) in [6.07, 6.45) is 30.2. The van der Waals surface area contributed by atoms with Crippen molar-refractivity contribution in [3.8, 4) is 0 Å². The fourth-order valence-corrected chi connectivity index (χ4v) is 4.04. The number of unbranched alkanes of at least 4 members (excludes halogenated alkanes) is 5. The van der Waals surface area contributed by atoms with E-state index in [2.05, 4.69) is 68.5 Å². The number of carboxylic acids is 1.